The van der Waals surface area contributed by atoms with E-state index in [4.69, 9.17) is 23.8 Å². The summed E-state index contributed by atoms with van der Waals surface area (Å²) in [5, 5.41) is 13.2. The maximum atomic E-state index is 13.7. The molecule has 29 heavy (non-hydrogen) atoms. The lowest BCUT2D eigenvalue weighted by Gasteiger charge is -2.13. The molecule has 2 heterocycles. The number of hydrogen-bond acceptors (Lipinski definition) is 4. The van der Waals surface area contributed by atoms with E-state index in [2.05, 4.69) is 20.6 Å². The highest BCUT2D eigenvalue weighted by molar-refractivity contribution is 7.71. The van der Waals surface area contributed by atoms with Gasteiger partial charge in [-0.2, -0.15) is 23.4 Å². The molecule has 2 aromatic heterocycles. The Bertz CT molecular complexity index is 1130. The van der Waals surface area contributed by atoms with E-state index in [0.29, 0.717) is 15.3 Å². The van der Waals surface area contributed by atoms with Gasteiger partial charge in [0.2, 0.25) is 0 Å². The molecule has 0 spiro atoms. The maximum Gasteiger partial charge on any atom is 0.434 e. The van der Waals surface area contributed by atoms with Crippen molar-refractivity contribution in [2.75, 3.05) is 0 Å². The van der Waals surface area contributed by atoms with Crippen molar-refractivity contribution in [3.63, 3.8) is 0 Å². The Kier molecular flexibility index (Phi) is 4.95. The molecule has 0 unspecified atom stereocenters. The third kappa shape index (κ3) is 3.92. The molecule has 0 bridgehead atoms. The van der Waals surface area contributed by atoms with Crippen LogP contribution < -0.4 is 5.32 Å². The summed E-state index contributed by atoms with van der Waals surface area (Å²) in [5.41, 5.74) is -1.68. The summed E-state index contributed by atoms with van der Waals surface area (Å²) in [4.78, 5) is 12.5. The van der Waals surface area contributed by atoms with Crippen molar-refractivity contribution in [1.29, 1.82) is 0 Å². The van der Waals surface area contributed by atoms with Crippen LogP contribution in [0, 0.1) is 4.77 Å². The molecule has 0 aliphatic heterocycles. The van der Waals surface area contributed by atoms with Crippen LogP contribution in [0.15, 0.2) is 30.5 Å². The fourth-order valence-electron chi connectivity index (χ4n) is 3.02. The molecule has 1 aliphatic carbocycles. The lowest BCUT2D eigenvalue weighted by atomic mass is 10.2. The average Bonchev–Trinajstić information content (AvgIpc) is 3.25. The monoisotopic (exact) mass is 442 g/mol. The zero-order chi connectivity index (χ0) is 20.8. The minimum atomic E-state index is -4.81. The van der Waals surface area contributed by atoms with Gasteiger partial charge in [0.15, 0.2) is 16.3 Å². The van der Waals surface area contributed by atoms with E-state index in [9.17, 15) is 18.0 Å². The smallest absolute Gasteiger partial charge is 0.345 e. The number of carbonyl (C=O) groups excluding carboxylic acids is 1. The van der Waals surface area contributed by atoms with Crippen molar-refractivity contribution in [3.05, 3.63) is 57.3 Å². The van der Waals surface area contributed by atoms with E-state index in [1.807, 2.05) is 0 Å². The first-order valence-electron chi connectivity index (χ1n) is 8.61. The summed E-state index contributed by atoms with van der Waals surface area (Å²) in [6.45, 7) is -0.0673. The van der Waals surface area contributed by atoms with Gasteiger partial charge in [0.25, 0.3) is 5.91 Å². The number of aromatic nitrogens is 5. The van der Waals surface area contributed by atoms with E-state index < -0.39 is 23.3 Å². The molecule has 1 saturated carbocycles. The summed E-state index contributed by atoms with van der Waals surface area (Å²) in [6.07, 6.45) is -2.03. The second kappa shape index (κ2) is 7.30. The van der Waals surface area contributed by atoms with E-state index in [1.165, 1.54) is 24.3 Å². The van der Waals surface area contributed by atoms with Crippen LogP contribution in [0.3, 0.4) is 0 Å². The minimum Gasteiger partial charge on any atom is -0.345 e. The van der Waals surface area contributed by atoms with Crippen LogP contribution in [0.4, 0.5) is 13.2 Å². The molecule has 1 aliphatic rings. The molecule has 0 radical (unpaired) electrons. The molecular formula is C17H14ClF3N6OS. The van der Waals surface area contributed by atoms with E-state index >= 15 is 0 Å². The largest absolute Gasteiger partial charge is 0.434 e. The van der Waals surface area contributed by atoms with Gasteiger partial charge in [-0.25, -0.2) is 4.68 Å². The summed E-state index contributed by atoms with van der Waals surface area (Å²) in [6, 6.07) is 5.99. The Balaban J connectivity index is 1.63. The number of alkyl halides is 3. The summed E-state index contributed by atoms with van der Waals surface area (Å²) < 4.78 is 44.0. The van der Waals surface area contributed by atoms with Gasteiger partial charge in [-0.05, 0) is 43.3 Å². The lowest BCUT2D eigenvalue weighted by Crippen LogP contribution is -2.27. The topological polar surface area (TPSA) is 80.5 Å². The minimum absolute atomic E-state index is 0.0673. The SMILES string of the molecule is O=C(NCc1n[nH]c(=S)n1C1CC1)c1cnn(-c2cccc(Cl)c2)c1C(F)(F)F. The van der Waals surface area contributed by atoms with Gasteiger partial charge >= 0.3 is 6.18 Å². The number of H-pyrrole nitrogens is 1. The second-order valence-electron chi connectivity index (χ2n) is 6.53. The van der Waals surface area contributed by atoms with Crippen LogP contribution in [0.5, 0.6) is 0 Å². The third-order valence-corrected chi connectivity index (χ3v) is 4.95. The van der Waals surface area contributed by atoms with Gasteiger partial charge in [0.1, 0.15) is 0 Å². The highest BCUT2D eigenvalue weighted by Gasteiger charge is 2.40. The molecule has 0 atom stereocenters. The molecule has 2 N–H and O–H groups in total. The number of nitrogens with one attached hydrogen (secondary N) is 2. The fraction of sp³-hybridized carbons (Fsp3) is 0.294. The van der Waals surface area contributed by atoms with Gasteiger partial charge in [-0.1, -0.05) is 17.7 Å². The standard InChI is InChI=1S/C17H14ClF3N6OS/c18-9-2-1-3-11(6-9)27-14(17(19,20)21)12(7-23-27)15(28)22-8-13-24-25-16(29)26(13)10-4-5-10/h1-3,6-7,10H,4-5,8H2,(H,22,28)(H,25,29). The summed E-state index contributed by atoms with van der Waals surface area (Å²) >= 11 is 11.0. The van der Waals surface area contributed by atoms with Gasteiger partial charge in [-0.15, -0.1) is 0 Å². The molecule has 0 saturated heterocycles. The highest BCUT2D eigenvalue weighted by Crippen LogP contribution is 2.36. The Morgan fingerprint density at radius 2 is 2.14 bits per heavy atom. The quantitative estimate of drug-likeness (QED) is 0.584. The number of nitrogens with zero attached hydrogens (tertiary/aromatic N) is 4. The zero-order valence-corrected chi connectivity index (χ0v) is 16.3. The highest BCUT2D eigenvalue weighted by atomic mass is 35.5. The molecule has 4 rings (SSSR count). The number of hydrogen-bond donors (Lipinski definition) is 2. The molecule has 3 aromatic rings. The predicted octanol–water partition coefficient (Wildman–Crippen LogP) is 4.06. The Hall–Kier alpha value is -2.66. The third-order valence-electron chi connectivity index (χ3n) is 4.43. The molecule has 1 amide bonds. The molecular weight excluding hydrogens is 429 g/mol. The number of benzene rings is 1. The normalized spacial score (nSPS) is 14.2. The van der Waals surface area contributed by atoms with Crippen LogP contribution in [0.1, 0.15) is 40.8 Å². The van der Waals surface area contributed by atoms with Gasteiger partial charge in [-0.3, -0.25) is 14.5 Å². The van der Waals surface area contributed by atoms with Crippen LogP contribution in [0.2, 0.25) is 5.02 Å². The molecule has 1 fully saturated rings. The number of amides is 1. The fourth-order valence-corrected chi connectivity index (χ4v) is 3.50. The molecule has 1 aromatic carbocycles. The maximum absolute atomic E-state index is 13.7. The Morgan fingerprint density at radius 3 is 2.79 bits per heavy atom. The van der Waals surface area contributed by atoms with Crippen LogP contribution >= 0.6 is 23.8 Å². The first-order valence-corrected chi connectivity index (χ1v) is 9.39. The van der Waals surface area contributed by atoms with Crippen molar-refractivity contribution >= 4 is 29.7 Å². The number of aromatic amines is 1. The first-order chi connectivity index (χ1) is 13.8. The molecule has 7 nitrogen and oxygen atoms in total. The van der Waals surface area contributed by atoms with Crippen LogP contribution in [0.25, 0.3) is 5.69 Å². The number of halogens is 4. The van der Waals surface area contributed by atoms with Gasteiger partial charge in [0, 0.05) is 11.1 Å². The first kappa shape index (κ1) is 19.6. The number of rotatable bonds is 5. The second-order valence-corrected chi connectivity index (χ2v) is 7.35. The van der Waals surface area contributed by atoms with E-state index in [0.717, 1.165) is 19.0 Å². The predicted molar refractivity (Wildman–Crippen MR) is 100 cm³/mol. The van der Waals surface area contributed by atoms with Crippen LogP contribution in [-0.4, -0.2) is 30.5 Å². The van der Waals surface area contributed by atoms with Crippen molar-refractivity contribution in [2.24, 2.45) is 0 Å². The van der Waals surface area contributed by atoms with Crippen molar-refractivity contribution in [3.8, 4) is 5.69 Å². The molecule has 12 heteroatoms. The lowest BCUT2D eigenvalue weighted by molar-refractivity contribution is -0.143. The van der Waals surface area contributed by atoms with Crippen molar-refractivity contribution in [1.82, 2.24) is 29.9 Å². The van der Waals surface area contributed by atoms with Crippen molar-refractivity contribution < 1.29 is 18.0 Å². The van der Waals surface area contributed by atoms with Gasteiger partial charge in [0.05, 0.1) is 24.0 Å². The van der Waals surface area contributed by atoms with E-state index in [1.54, 1.807) is 4.57 Å². The number of carbonyl (C=O) groups is 1. The van der Waals surface area contributed by atoms with Gasteiger partial charge < -0.3 is 5.32 Å². The Morgan fingerprint density at radius 1 is 1.38 bits per heavy atom. The van der Waals surface area contributed by atoms with E-state index in [-0.39, 0.29) is 23.3 Å². The van der Waals surface area contributed by atoms with Crippen molar-refractivity contribution in [2.45, 2.75) is 31.6 Å². The zero-order valence-electron chi connectivity index (χ0n) is 14.7. The van der Waals surface area contributed by atoms with Crippen LogP contribution in [-0.2, 0) is 12.7 Å². The summed E-state index contributed by atoms with van der Waals surface area (Å²) in [7, 11) is 0. The average molecular weight is 443 g/mol. The summed E-state index contributed by atoms with van der Waals surface area (Å²) in [5.74, 6) is -0.455. The Labute approximate surface area is 172 Å². The molecule has 152 valence electrons.